The highest BCUT2D eigenvalue weighted by atomic mass is 16.5. The van der Waals surface area contributed by atoms with E-state index in [4.69, 9.17) is 4.74 Å². The van der Waals surface area contributed by atoms with E-state index in [0.717, 1.165) is 18.8 Å². The lowest BCUT2D eigenvalue weighted by Crippen LogP contribution is -1.98. The van der Waals surface area contributed by atoms with Crippen LogP contribution in [-0.2, 0) is 0 Å². The molecule has 0 atom stereocenters. The van der Waals surface area contributed by atoms with Crippen molar-refractivity contribution in [3.63, 3.8) is 0 Å². The Bertz CT molecular complexity index is 976. The van der Waals surface area contributed by atoms with Crippen LogP contribution in [-0.4, -0.2) is 11.2 Å². The summed E-state index contributed by atoms with van der Waals surface area (Å²) in [7, 11) is 0. The van der Waals surface area contributed by atoms with E-state index >= 15 is 0 Å². The predicted octanol–water partition coefficient (Wildman–Crippen LogP) is 7.52. The van der Waals surface area contributed by atoms with Gasteiger partial charge in [-0.25, -0.2) is 0 Å². The summed E-state index contributed by atoms with van der Waals surface area (Å²) in [5, 5.41) is 2.59. The number of hydrogen-bond donors (Lipinski definition) is 0. The van der Waals surface area contributed by atoms with Crippen molar-refractivity contribution in [2.45, 2.75) is 45.4 Å². The van der Waals surface area contributed by atoms with E-state index in [2.05, 4.69) is 84.3 Å². The highest BCUT2D eigenvalue weighted by Crippen LogP contribution is 2.32. The minimum atomic E-state index is 0.806. The van der Waals surface area contributed by atoms with E-state index in [1.54, 1.807) is 0 Å². The van der Waals surface area contributed by atoms with E-state index in [-0.39, 0.29) is 0 Å². The molecule has 2 heteroatoms. The summed E-state index contributed by atoms with van der Waals surface area (Å²) >= 11 is 0. The summed E-state index contributed by atoms with van der Waals surface area (Å²) in [6.45, 7) is 3.06. The van der Waals surface area contributed by atoms with Gasteiger partial charge in [-0.05, 0) is 42.8 Å². The molecule has 1 heterocycles. The SMILES string of the molecule is CCCCCCCCOc1ccc(-n2c3ccccc3c3ccccc32)cc1. The highest BCUT2D eigenvalue weighted by molar-refractivity contribution is 6.09. The van der Waals surface area contributed by atoms with Crippen LogP contribution in [0.2, 0.25) is 0 Å². The van der Waals surface area contributed by atoms with Gasteiger partial charge in [0.05, 0.1) is 17.6 Å². The zero-order chi connectivity index (χ0) is 19.2. The molecule has 4 aromatic rings. The average Bonchev–Trinajstić information content (AvgIpc) is 3.08. The van der Waals surface area contributed by atoms with Crippen LogP contribution in [0.25, 0.3) is 27.5 Å². The molecule has 0 spiro atoms. The fraction of sp³-hybridized carbons (Fsp3) is 0.308. The number of fused-ring (bicyclic) bond motifs is 3. The van der Waals surface area contributed by atoms with Gasteiger partial charge in [-0.2, -0.15) is 0 Å². The van der Waals surface area contributed by atoms with Gasteiger partial charge in [0, 0.05) is 16.5 Å². The van der Waals surface area contributed by atoms with Crippen molar-refractivity contribution in [2.24, 2.45) is 0 Å². The molecule has 0 aliphatic carbocycles. The zero-order valence-electron chi connectivity index (χ0n) is 16.7. The van der Waals surface area contributed by atoms with Crippen LogP contribution in [0, 0.1) is 0 Å². The smallest absolute Gasteiger partial charge is 0.119 e. The van der Waals surface area contributed by atoms with Gasteiger partial charge in [0.1, 0.15) is 5.75 Å². The summed E-state index contributed by atoms with van der Waals surface area (Å²) in [5.41, 5.74) is 3.65. The number of ether oxygens (including phenoxy) is 1. The second kappa shape index (κ2) is 8.97. The normalized spacial score (nSPS) is 11.3. The van der Waals surface area contributed by atoms with Gasteiger partial charge < -0.3 is 9.30 Å². The molecular weight excluding hydrogens is 342 g/mol. The molecule has 0 saturated heterocycles. The molecule has 0 fully saturated rings. The van der Waals surface area contributed by atoms with Crippen molar-refractivity contribution in [2.75, 3.05) is 6.61 Å². The highest BCUT2D eigenvalue weighted by Gasteiger charge is 2.11. The van der Waals surface area contributed by atoms with Crippen LogP contribution in [0.1, 0.15) is 45.4 Å². The maximum atomic E-state index is 5.95. The molecule has 28 heavy (non-hydrogen) atoms. The molecule has 0 unspecified atom stereocenters. The van der Waals surface area contributed by atoms with Crippen LogP contribution >= 0.6 is 0 Å². The van der Waals surface area contributed by atoms with Gasteiger partial charge in [0.15, 0.2) is 0 Å². The fourth-order valence-corrected chi connectivity index (χ4v) is 3.96. The van der Waals surface area contributed by atoms with Gasteiger partial charge in [0.25, 0.3) is 0 Å². The van der Waals surface area contributed by atoms with Crippen molar-refractivity contribution < 1.29 is 4.74 Å². The van der Waals surface area contributed by atoms with E-state index in [0.29, 0.717) is 0 Å². The molecule has 1 aromatic heterocycles. The maximum Gasteiger partial charge on any atom is 0.119 e. The van der Waals surface area contributed by atoms with Crippen LogP contribution in [0.5, 0.6) is 5.75 Å². The Hall–Kier alpha value is -2.74. The molecule has 2 nitrogen and oxygen atoms in total. The molecule has 4 rings (SSSR count). The van der Waals surface area contributed by atoms with Crippen molar-refractivity contribution in [3.05, 3.63) is 72.8 Å². The Morgan fingerprint density at radius 2 is 1.21 bits per heavy atom. The molecule has 3 aromatic carbocycles. The lowest BCUT2D eigenvalue weighted by Gasteiger charge is -2.10. The van der Waals surface area contributed by atoms with E-state index in [1.165, 1.54) is 59.6 Å². The lowest BCUT2D eigenvalue weighted by atomic mass is 10.1. The van der Waals surface area contributed by atoms with Crippen molar-refractivity contribution in [1.82, 2.24) is 4.57 Å². The van der Waals surface area contributed by atoms with Crippen molar-refractivity contribution >= 4 is 21.8 Å². The van der Waals surface area contributed by atoms with Crippen LogP contribution < -0.4 is 4.74 Å². The number of para-hydroxylation sites is 2. The summed E-state index contributed by atoms with van der Waals surface area (Å²) in [6, 6.07) is 25.7. The van der Waals surface area contributed by atoms with Gasteiger partial charge in [0.2, 0.25) is 0 Å². The van der Waals surface area contributed by atoms with Crippen molar-refractivity contribution in [1.29, 1.82) is 0 Å². The molecule has 0 bridgehead atoms. The molecule has 0 aliphatic heterocycles. The fourth-order valence-electron chi connectivity index (χ4n) is 3.96. The minimum Gasteiger partial charge on any atom is -0.494 e. The molecule has 0 amide bonds. The summed E-state index contributed by atoms with van der Waals surface area (Å²) < 4.78 is 8.29. The largest absolute Gasteiger partial charge is 0.494 e. The summed E-state index contributed by atoms with van der Waals surface area (Å²) in [5.74, 6) is 0.957. The predicted molar refractivity (Wildman–Crippen MR) is 120 cm³/mol. The molecule has 0 saturated carbocycles. The third-order valence-electron chi connectivity index (χ3n) is 5.44. The van der Waals surface area contributed by atoms with Gasteiger partial charge >= 0.3 is 0 Å². The minimum absolute atomic E-state index is 0.806. The number of unbranched alkanes of at least 4 members (excludes halogenated alkanes) is 5. The first-order valence-corrected chi connectivity index (χ1v) is 10.6. The van der Waals surface area contributed by atoms with Crippen molar-refractivity contribution in [3.8, 4) is 11.4 Å². The Morgan fingerprint density at radius 3 is 1.86 bits per heavy atom. The van der Waals surface area contributed by atoms with Gasteiger partial charge in [-0.15, -0.1) is 0 Å². The topological polar surface area (TPSA) is 14.2 Å². The van der Waals surface area contributed by atoms with Crippen LogP contribution in [0.15, 0.2) is 72.8 Å². The van der Waals surface area contributed by atoms with Crippen LogP contribution in [0.4, 0.5) is 0 Å². The van der Waals surface area contributed by atoms with Gasteiger partial charge in [-0.3, -0.25) is 0 Å². The van der Waals surface area contributed by atoms with E-state index < -0.39 is 0 Å². The Labute approximate surface area is 167 Å². The quantitative estimate of drug-likeness (QED) is 0.277. The first-order valence-electron chi connectivity index (χ1n) is 10.6. The average molecular weight is 372 g/mol. The first kappa shape index (κ1) is 18.6. The standard InChI is InChI=1S/C26H29NO/c1-2-3-4-5-6-11-20-28-22-18-16-21(17-19-22)27-25-14-9-7-12-23(25)24-13-8-10-15-26(24)27/h7-10,12-19H,2-6,11,20H2,1H3. The third-order valence-corrected chi connectivity index (χ3v) is 5.44. The maximum absolute atomic E-state index is 5.95. The van der Waals surface area contributed by atoms with E-state index in [1.807, 2.05) is 0 Å². The number of nitrogens with zero attached hydrogens (tertiary/aromatic N) is 1. The number of rotatable bonds is 9. The Balaban J connectivity index is 1.48. The Kier molecular flexibility index (Phi) is 5.96. The summed E-state index contributed by atoms with van der Waals surface area (Å²) in [6.07, 6.45) is 7.73. The lowest BCUT2D eigenvalue weighted by molar-refractivity contribution is 0.304. The molecule has 0 N–H and O–H groups in total. The molecular formula is C26H29NO. The monoisotopic (exact) mass is 371 g/mol. The summed E-state index contributed by atoms with van der Waals surface area (Å²) in [4.78, 5) is 0. The molecule has 0 aliphatic rings. The number of aromatic nitrogens is 1. The number of benzene rings is 3. The van der Waals surface area contributed by atoms with E-state index in [9.17, 15) is 0 Å². The van der Waals surface area contributed by atoms with Gasteiger partial charge in [-0.1, -0.05) is 75.4 Å². The van der Waals surface area contributed by atoms with Crippen LogP contribution in [0.3, 0.4) is 0 Å². The number of hydrogen-bond acceptors (Lipinski definition) is 1. The molecule has 0 radical (unpaired) electrons. The second-order valence-electron chi connectivity index (χ2n) is 7.48. The third kappa shape index (κ3) is 3.91. The zero-order valence-corrected chi connectivity index (χ0v) is 16.7. The second-order valence-corrected chi connectivity index (χ2v) is 7.48. The Morgan fingerprint density at radius 1 is 0.643 bits per heavy atom. The first-order chi connectivity index (χ1) is 13.9. The molecule has 144 valence electrons.